The Morgan fingerprint density at radius 3 is 2.95 bits per heavy atom. The molecule has 5 nitrogen and oxygen atoms in total. The first-order valence-corrected chi connectivity index (χ1v) is 7.21. The van der Waals surface area contributed by atoms with Crippen molar-refractivity contribution in [3.05, 3.63) is 17.0 Å². The number of nitrogens with two attached hydrogens (primary N) is 1. The lowest BCUT2D eigenvalue weighted by atomic mass is 9.96. The number of nitrogens with one attached hydrogen (secondary N) is 1. The normalized spacial score (nSPS) is 17.1. The van der Waals surface area contributed by atoms with Gasteiger partial charge in [0.25, 0.3) is 0 Å². The molecule has 1 aromatic rings. The summed E-state index contributed by atoms with van der Waals surface area (Å²) < 4.78 is 1.97. The molecule has 1 heterocycles. The van der Waals surface area contributed by atoms with Crippen LogP contribution in [0, 0.1) is 0 Å². The van der Waals surface area contributed by atoms with Crippen LogP contribution in [-0.2, 0) is 26.4 Å². The van der Waals surface area contributed by atoms with E-state index in [9.17, 15) is 0 Å². The van der Waals surface area contributed by atoms with Crippen LogP contribution in [0.3, 0.4) is 0 Å². The van der Waals surface area contributed by atoms with E-state index in [2.05, 4.69) is 29.3 Å². The Bertz CT molecular complexity index is 461. The molecule has 0 fully saturated rings. The SMILES string of the molecule is CCC(C)NC(N)=NCc1c2c(nn1C)CCCC2. The Morgan fingerprint density at radius 1 is 1.47 bits per heavy atom. The molecule has 1 aliphatic carbocycles. The number of fused-ring (bicyclic) bond motifs is 1. The number of aliphatic imine (C=N–C) groups is 1. The predicted molar refractivity (Wildman–Crippen MR) is 78.1 cm³/mol. The van der Waals surface area contributed by atoms with Crippen molar-refractivity contribution in [3.8, 4) is 0 Å². The second-order valence-corrected chi connectivity index (χ2v) is 5.36. The molecule has 0 amide bonds. The zero-order valence-electron chi connectivity index (χ0n) is 12.2. The number of rotatable bonds is 4. The highest BCUT2D eigenvalue weighted by Crippen LogP contribution is 2.23. The molecule has 1 unspecified atom stereocenters. The van der Waals surface area contributed by atoms with E-state index in [0.29, 0.717) is 18.5 Å². The van der Waals surface area contributed by atoms with Crippen LogP contribution in [-0.4, -0.2) is 21.8 Å². The minimum Gasteiger partial charge on any atom is -0.370 e. The molecule has 0 saturated heterocycles. The van der Waals surface area contributed by atoms with Crippen molar-refractivity contribution in [2.75, 3.05) is 0 Å². The molecule has 0 spiro atoms. The second-order valence-electron chi connectivity index (χ2n) is 5.36. The average molecular weight is 263 g/mol. The molecule has 1 aliphatic rings. The van der Waals surface area contributed by atoms with Gasteiger partial charge in [0.15, 0.2) is 5.96 Å². The summed E-state index contributed by atoms with van der Waals surface area (Å²) in [5.74, 6) is 0.528. The highest BCUT2D eigenvalue weighted by Gasteiger charge is 2.18. The molecule has 0 aromatic carbocycles. The first kappa shape index (κ1) is 13.9. The number of aromatic nitrogens is 2. The summed E-state index contributed by atoms with van der Waals surface area (Å²) in [7, 11) is 2.00. The van der Waals surface area contributed by atoms with Crippen LogP contribution < -0.4 is 11.1 Å². The van der Waals surface area contributed by atoms with E-state index in [0.717, 1.165) is 19.3 Å². The third-order valence-electron chi connectivity index (χ3n) is 3.85. The van der Waals surface area contributed by atoms with Gasteiger partial charge in [0.05, 0.1) is 17.9 Å². The van der Waals surface area contributed by atoms with E-state index in [1.54, 1.807) is 0 Å². The molecule has 5 heteroatoms. The summed E-state index contributed by atoms with van der Waals surface area (Å²) in [6.45, 7) is 4.85. The van der Waals surface area contributed by atoms with Crippen molar-refractivity contribution < 1.29 is 0 Å². The van der Waals surface area contributed by atoms with Gasteiger partial charge in [0.2, 0.25) is 0 Å². The Morgan fingerprint density at radius 2 is 2.21 bits per heavy atom. The van der Waals surface area contributed by atoms with Gasteiger partial charge < -0.3 is 11.1 Å². The number of guanidine groups is 1. The van der Waals surface area contributed by atoms with Crippen LogP contribution >= 0.6 is 0 Å². The van der Waals surface area contributed by atoms with Gasteiger partial charge in [-0.3, -0.25) is 4.68 Å². The molecule has 3 N–H and O–H groups in total. The Kier molecular flexibility index (Phi) is 4.45. The van der Waals surface area contributed by atoms with E-state index in [4.69, 9.17) is 5.73 Å². The first-order valence-electron chi connectivity index (χ1n) is 7.21. The monoisotopic (exact) mass is 263 g/mol. The zero-order chi connectivity index (χ0) is 13.8. The lowest BCUT2D eigenvalue weighted by Gasteiger charge is -2.13. The maximum Gasteiger partial charge on any atom is 0.189 e. The number of hydrogen-bond donors (Lipinski definition) is 2. The number of nitrogens with zero attached hydrogens (tertiary/aromatic N) is 3. The Balaban J connectivity index is 2.07. The summed E-state index contributed by atoms with van der Waals surface area (Å²) in [5.41, 5.74) is 9.77. The van der Waals surface area contributed by atoms with Gasteiger partial charge in [-0.15, -0.1) is 0 Å². The fourth-order valence-corrected chi connectivity index (χ4v) is 2.51. The highest BCUT2D eigenvalue weighted by molar-refractivity contribution is 5.78. The lowest BCUT2D eigenvalue weighted by molar-refractivity contribution is 0.634. The summed E-state index contributed by atoms with van der Waals surface area (Å²) >= 11 is 0. The van der Waals surface area contributed by atoms with Crippen molar-refractivity contribution >= 4 is 5.96 Å². The van der Waals surface area contributed by atoms with E-state index < -0.39 is 0 Å². The molecule has 0 radical (unpaired) electrons. The van der Waals surface area contributed by atoms with Crippen molar-refractivity contribution in [1.29, 1.82) is 0 Å². The molecule has 1 aromatic heterocycles. The predicted octanol–water partition coefficient (Wildman–Crippen LogP) is 1.50. The molecule has 2 rings (SSSR count). The van der Waals surface area contributed by atoms with Crippen LogP contribution in [0.4, 0.5) is 0 Å². The first-order chi connectivity index (χ1) is 9.11. The van der Waals surface area contributed by atoms with E-state index in [-0.39, 0.29) is 0 Å². The summed E-state index contributed by atoms with van der Waals surface area (Å²) in [6, 6.07) is 0.365. The molecule has 0 bridgehead atoms. The van der Waals surface area contributed by atoms with Crippen LogP contribution in [0.25, 0.3) is 0 Å². The largest absolute Gasteiger partial charge is 0.370 e. The minimum atomic E-state index is 0.365. The maximum absolute atomic E-state index is 5.90. The number of aryl methyl sites for hydroxylation is 2. The fraction of sp³-hybridized carbons (Fsp3) is 0.714. The molecule has 19 heavy (non-hydrogen) atoms. The van der Waals surface area contributed by atoms with Gasteiger partial charge in [-0.1, -0.05) is 6.92 Å². The molecule has 106 valence electrons. The van der Waals surface area contributed by atoms with Crippen LogP contribution in [0.1, 0.15) is 50.1 Å². The third-order valence-corrected chi connectivity index (χ3v) is 3.85. The van der Waals surface area contributed by atoms with Crippen LogP contribution in [0.2, 0.25) is 0 Å². The van der Waals surface area contributed by atoms with Gasteiger partial charge in [-0.25, -0.2) is 4.99 Å². The van der Waals surface area contributed by atoms with Gasteiger partial charge in [0, 0.05) is 13.1 Å². The molecule has 0 saturated carbocycles. The van der Waals surface area contributed by atoms with Gasteiger partial charge in [-0.2, -0.15) is 5.10 Å². The summed E-state index contributed by atoms with van der Waals surface area (Å²) in [4.78, 5) is 4.45. The molecule has 0 aliphatic heterocycles. The van der Waals surface area contributed by atoms with E-state index >= 15 is 0 Å². The topological polar surface area (TPSA) is 68.2 Å². The van der Waals surface area contributed by atoms with Crippen LogP contribution in [0.5, 0.6) is 0 Å². The van der Waals surface area contributed by atoms with Crippen molar-refractivity contribution in [3.63, 3.8) is 0 Å². The van der Waals surface area contributed by atoms with Crippen molar-refractivity contribution in [2.45, 2.75) is 58.5 Å². The fourth-order valence-electron chi connectivity index (χ4n) is 2.51. The Labute approximate surface area is 115 Å². The average Bonchev–Trinajstić information content (AvgIpc) is 2.71. The Hall–Kier alpha value is -1.52. The smallest absolute Gasteiger partial charge is 0.189 e. The van der Waals surface area contributed by atoms with Gasteiger partial charge >= 0.3 is 0 Å². The van der Waals surface area contributed by atoms with E-state index in [1.165, 1.54) is 29.8 Å². The summed E-state index contributed by atoms with van der Waals surface area (Å²) in [6.07, 6.45) is 5.79. The quantitative estimate of drug-likeness (QED) is 0.639. The maximum atomic E-state index is 5.90. The zero-order valence-corrected chi connectivity index (χ0v) is 12.2. The van der Waals surface area contributed by atoms with Gasteiger partial charge in [0.1, 0.15) is 0 Å². The summed E-state index contributed by atoms with van der Waals surface area (Å²) in [5, 5.41) is 7.78. The third kappa shape index (κ3) is 3.28. The standard InChI is InChI=1S/C14H25N5/c1-4-10(2)17-14(15)16-9-13-11-7-5-6-8-12(11)18-19(13)3/h10H,4-9H2,1-3H3,(H3,15,16,17). The van der Waals surface area contributed by atoms with Crippen molar-refractivity contribution in [2.24, 2.45) is 17.8 Å². The lowest BCUT2D eigenvalue weighted by Crippen LogP contribution is -2.38. The van der Waals surface area contributed by atoms with Crippen molar-refractivity contribution in [1.82, 2.24) is 15.1 Å². The van der Waals surface area contributed by atoms with Gasteiger partial charge in [-0.05, 0) is 44.6 Å². The number of hydrogen-bond acceptors (Lipinski definition) is 2. The van der Waals surface area contributed by atoms with E-state index in [1.807, 2.05) is 11.7 Å². The second kappa shape index (κ2) is 6.08. The van der Waals surface area contributed by atoms with Crippen LogP contribution in [0.15, 0.2) is 4.99 Å². The molecular formula is C14H25N5. The highest BCUT2D eigenvalue weighted by atomic mass is 15.3. The minimum absolute atomic E-state index is 0.365. The molecular weight excluding hydrogens is 238 g/mol. The molecule has 1 atom stereocenters.